The summed E-state index contributed by atoms with van der Waals surface area (Å²) in [6, 6.07) is 11.0. The Morgan fingerprint density at radius 3 is 2.71 bits per heavy atom. The second-order valence-electron chi connectivity index (χ2n) is 4.50. The third-order valence-corrected chi connectivity index (χ3v) is 2.94. The molecule has 2 heterocycles. The van der Waals surface area contributed by atoms with Gasteiger partial charge >= 0.3 is 5.82 Å². The summed E-state index contributed by atoms with van der Waals surface area (Å²) in [4.78, 5) is 0. The number of azo groups is 1. The lowest BCUT2D eigenvalue weighted by Gasteiger charge is -2.02. The zero-order chi connectivity index (χ0) is 16.3. The van der Waals surface area contributed by atoms with Gasteiger partial charge in [-0.1, -0.05) is 12.1 Å². The molecule has 2 aromatic rings. The van der Waals surface area contributed by atoms with Crippen molar-refractivity contribution >= 4 is 12.2 Å². The van der Waals surface area contributed by atoms with Gasteiger partial charge < -0.3 is 22.2 Å². The van der Waals surface area contributed by atoms with Gasteiger partial charge in [-0.25, -0.2) is 4.57 Å². The van der Waals surface area contributed by atoms with Crippen LogP contribution in [0.1, 0.15) is 0 Å². The van der Waals surface area contributed by atoms with Gasteiger partial charge in [-0.05, 0) is 23.3 Å². The molecule has 128 valence electrons. The first-order valence-corrected chi connectivity index (χ1v) is 7.17. The molecule has 2 rings (SSSR count). The normalized spacial score (nSPS) is 12.0. The zero-order valence-corrected chi connectivity index (χ0v) is 13.6. The molecule has 8 nitrogen and oxygen atoms in total. The number of aliphatic hydroxyl groups excluding tert-OH is 2. The highest BCUT2D eigenvalue weighted by molar-refractivity contribution is 5.54. The van der Waals surface area contributed by atoms with Crippen molar-refractivity contribution in [3.05, 3.63) is 61.7 Å². The van der Waals surface area contributed by atoms with Gasteiger partial charge in [0.05, 0.1) is 24.5 Å². The second-order valence-corrected chi connectivity index (χ2v) is 4.50. The maximum Gasteiger partial charge on any atom is 0.350 e. The summed E-state index contributed by atoms with van der Waals surface area (Å²) in [7, 11) is 0. The summed E-state index contributed by atoms with van der Waals surface area (Å²) < 4.78 is 3.56. The zero-order valence-electron chi connectivity index (χ0n) is 13.6. The van der Waals surface area contributed by atoms with Crippen molar-refractivity contribution in [3.8, 4) is 0 Å². The molecule has 0 unspecified atom stereocenters. The Morgan fingerprint density at radius 1 is 1.08 bits per heavy atom. The van der Waals surface area contributed by atoms with E-state index in [4.69, 9.17) is 10.2 Å². The van der Waals surface area contributed by atoms with E-state index in [-0.39, 0.29) is 20.6 Å². The summed E-state index contributed by atoms with van der Waals surface area (Å²) in [5.41, 5.74) is 0.614. The highest BCUT2D eigenvalue weighted by Crippen LogP contribution is 2.03. The van der Waals surface area contributed by atoms with Crippen molar-refractivity contribution in [2.24, 2.45) is 20.4 Å². The van der Waals surface area contributed by atoms with Gasteiger partial charge in [0.25, 0.3) is 0 Å². The maximum atomic E-state index is 8.99. The summed E-state index contributed by atoms with van der Waals surface area (Å²) in [5.74, 6) is 0.614. The third-order valence-electron chi connectivity index (χ3n) is 2.94. The number of nitrogens with zero attached hydrogens (tertiary/aromatic N) is 6. The predicted molar refractivity (Wildman–Crippen MR) is 90.2 cm³/mol. The number of hydrogen-bond acceptors (Lipinski definition) is 5. The Balaban J connectivity index is 0.00000288. The molecule has 0 saturated heterocycles. The molecule has 0 saturated carbocycles. The second kappa shape index (κ2) is 10.9. The van der Waals surface area contributed by atoms with E-state index < -0.39 is 0 Å². The van der Waals surface area contributed by atoms with E-state index in [1.54, 1.807) is 21.3 Å². The lowest BCUT2D eigenvalue weighted by atomic mass is 10.4. The highest BCUT2D eigenvalue weighted by Gasteiger charge is 2.06. The molecule has 24 heavy (non-hydrogen) atoms. The molecule has 0 bridgehead atoms. The van der Waals surface area contributed by atoms with Crippen molar-refractivity contribution in [3.63, 3.8) is 0 Å². The van der Waals surface area contributed by atoms with Crippen LogP contribution < -0.4 is 10.1 Å². The summed E-state index contributed by atoms with van der Waals surface area (Å²) in [5, 5.41) is 33.8. The molecule has 0 radical (unpaired) electrons. The first-order chi connectivity index (χ1) is 11.3. The minimum atomic E-state index is 0. The minimum absolute atomic E-state index is 0. The van der Waals surface area contributed by atoms with E-state index in [1.165, 1.54) is 6.34 Å². The molecule has 8 heteroatoms. The molecule has 0 atom stereocenters. The van der Waals surface area contributed by atoms with E-state index in [2.05, 4.69) is 20.4 Å². The number of aromatic nitrogens is 2. The highest BCUT2D eigenvalue weighted by atomic mass is 16.3. The van der Waals surface area contributed by atoms with Crippen molar-refractivity contribution in [2.75, 3.05) is 13.2 Å². The van der Waals surface area contributed by atoms with Crippen LogP contribution in [0.3, 0.4) is 0 Å². The molecule has 0 aliphatic heterocycles. The van der Waals surface area contributed by atoms with Crippen LogP contribution in [-0.2, 0) is 13.1 Å². The number of hydrogen-bond donors (Lipinski definition) is 2. The van der Waals surface area contributed by atoms with E-state index in [0.717, 1.165) is 0 Å². The topological polar surface area (TPSA) is 98.7 Å². The van der Waals surface area contributed by atoms with Crippen molar-refractivity contribution in [1.29, 1.82) is 0 Å². The van der Waals surface area contributed by atoms with Crippen LogP contribution in [0, 0.1) is 7.43 Å². The van der Waals surface area contributed by atoms with E-state index in [0.29, 0.717) is 24.4 Å². The van der Waals surface area contributed by atoms with Crippen molar-refractivity contribution < 1.29 is 14.8 Å². The molecule has 0 aromatic carbocycles. The predicted octanol–water partition coefficient (Wildman–Crippen LogP) is 0.838. The molecule has 0 spiro atoms. The fraction of sp³-hybridized carbons (Fsp3) is 0.250. The molecule has 0 aliphatic rings. The van der Waals surface area contributed by atoms with Crippen LogP contribution in [0.4, 0.5) is 5.82 Å². The van der Waals surface area contributed by atoms with Crippen LogP contribution in [0.2, 0.25) is 0 Å². The van der Waals surface area contributed by atoms with Crippen molar-refractivity contribution in [2.45, 2.75) is 13.1 Å². The quantitative estimate of drug-likeness (QED) is 0.196. The summed E-state index contributed by atoms with van der Waals surface area (Å²) >= 11 is 0. The lowest BCUT2D eigenvalue weighted by molar-refractivity contribution is -0.685. The van der Waals surface area contributed by atoms with Crippen molar-refractivity contribution in [1.82, 2.24) is 4.57 Å². The molecule has 0 amide bonds. The van der Waals surface area contributed by atoms with E-state index >= 15 is 0 Å². The Morgan fingerprint density at radius 2 is 1.92 bits per heavy atom. The smallest absolute Gasteiger partial charge is 0.350 e. The van der Waals surface area contributed by atoms with E-state index in [9.17, 15) is 0 Å². The number of aliphatic hydroxyl groups is 2. The summed E-state index contributed by atoms with van der Waals surface area (Å²) in [6.07, 6.45) is 4.87. The number of rotatable bonds is 7. The Labute approximate surface area is 140 Å². The van der Waals surface area contributed by atoms with Gasteiger partial charge in [-0.2, -0.15) is 0 Å². The monoisotopic (exact) mass is 330 g/mol. The molecular formula is C16H22N6O2. The van der Waals surface area contributed by atoms with Crippen LogP contribution in [0.25, 0.3) is 0 Å². The maximum absolute atomic E-state index is 8.99. The Kier molecular flexibility index (Phi) is 8.80. The number of pyridine rings is 2. The van der Waals surface area contributed by atoms with Gasteiger partial charge in [0.2, 0.25) is 0 Å². The van der Waals surface area contributed by atoms with Crippen LogP contribution in [0.5, 0.6) is 0 Å². The average molecular weight is 330 g/mol. The molecular weight excluding hydrogens is 308 g/mol. The van der Waals surface area contributed by atoms with Gasteiger partial charge in [0.15, 0.2) is 11.8 Å². The Bertz CT molecular complexity index is 739. The fourth-order valence-electron chi connectivity index (χ4n) is 1.90. The van der Waals surface area contributed by atoms with Crippen LogP contribution in [-0.4, -0.2) is 34.3 Å². The van der Waals surface area contributed by atoms with E-state index in [1.807, 2.05) is 36.7 Å². The van der Waals surface area contributed by atoms with Gasteiger partial charge in [0.1, 0.15) is 6.54 Å². The molecule has 2 aromatic heterocycles. The largest absolute Gasteiger partial charge is 0.395 e. The summed E-state index contributed by atoms with van der Waals surface area (Å²) in [6.45, 7) is 0.947. The molecule has 0 fully saturated rings. The SMILES string of the molecule is OCCn1ccccc1=NN=CN=Nc1cccc[n+]1CCO.[CH3-]. The molecule has 2 N–H and O–H groups in total. The molecule has 0 aliphatic carbocycles. The first kappa shape index (κ1) is 19.3. The van der Waals surface area contributed by atoms with Crippen LogP contribution in [0.15, 0.2) is 69.2 Å². The third kappa shape index (κ3) is 5.82. The van der Waals surface area contributed by atoms with Gasteiger partial charge in [-0.15, -0.1) is 10.2 Å². The van der Waals surface area contributed by atoms with Crippen LogP contribution >= 0.6 is 0 Å². The lowest BCUT2D eigenvalue weighted by Crippen LogP contribution is -2.35. The average Bonchev–Trinajstić information content (AvgIpc) is 2.58. The Hall–Kier alpha value is -2.71. The minimum Gasteiger partial charge on any atom is -0.395 e. The van der Waals surface area contributed by atoms with Gasteiger partial charge in [0, 0.05) is 18.8 Å². The first-order valence-electron chi connectivity index (χ1n) is 7.17. The fourth-order valence-corrected chi connectivity index (χ4v) is 1.90. The standard InChI is InChI=1S/C15H19N6O2.CH3/c22-11-9-20-7-3-1-5-14(20)18-16-13-17-19-15-6-2-4-8-21(15)10-12-23;/h1-8,13,22-23H,9-12H2;1H3/q+1;-1. The van der Waals surface area contributed by atoms with Gasteiger partial charge in [-0.3, -0.25) is 0 Å².